The van der Waals surface area contributed by atoms with Crippen molar-refractivity contribution in [3.63, 3.8) is 0 Å². The lowest BCUT2D eigenvalue weighted by Gasteiger charge is -2.23. The number of unbranched alkanes of at least 4 members (excludes halogenated alkanes) is 5. The minimum Gasteiger partial charge on any atom is -0.484 e. The monoisotopic (exact) mass is 404 g/mol. The van der Waals surface area contributed by atoms with Gasteiger partial charge in [0.05, 0.1) is 18.8 Å². The van der Waals surface area contributed by atoms with Gasteiger partial charge in [-0.1, -0.05) is 39.0 Å². The van der Waals surface area contributed by atoms with Gasteiger partial charge >= 0.3 is 5.97 Å². The van der Waals surface area contributed by atoms with E-state index in [4.69, 9.17) is 14.2 Å². The highest BCUT2D eigenvalue weighted by Gasteiger charge is 2.43. The highest BCUT2D eigenvalue weighted by Crippen LogP contribution is 2.30. The largest absolute Gasteiger partial charge is 0.484 e. The van der Waals surface area contributed by atoms with Gasteiger partial charge in [0.15, 0.2) is 11.9 Å². The Morgan fingerprint density at radius 2 is 1.75 bits per heavy atom. The molecule has 0 radical (unpaired) electrons. The van der Waals surface area contributed by atoms with Crippen LogP contribution in [0.3, 0.4) is 0 Å². The molecule has 1 heterocycles. The second-order valence-electron chi connectivity index (χ2n) is 7.85. The zero-order valence-corrected chi connectivity index (χ0v) is 17.2. The van der Waals surface area contributed by atoms with E-state index in [9.17, 15) is 25.2 Å². The molecule has 4 N–H and O–H groups in total. The molecule has 3 atom stereocenters. The quantitative estimate of drug-likeness (QED) is 0.238. The van der Waals surface area contributed by atoms with Gasteiger partial charge in [-0.25, -0.2) is 4.79 Å². The molecule has 0 aliphatic carbocycles. The van der Waals surface area contributed by atoms with E-state index < -0.39 is 36.5 Å². The molecule has 164 valence electrons. The van der Waals surface area contributed by atoms with Crippen LogP contribution in [-0.4, -0.2) is 70.1 Å². The van der Waals surface area contributed by atoms with Gasteiger partial charge in [-0.3, -0.25) is 0 Å². The summed E-state index contributed by atoms with van der Waals surface area (Å²) in [6.07, 6.45) is 3.91. The summed E-state index contributed by atoms with van der Waals surface area (Å²) in [6, 6.07) is 0. The van der Waals surface area contributed by atoms with Crippen LogP contribution in [-0.2, 0) is 19.0 Å². The number of carbonyl (C=O) groups excluding carboxylic acids is 1. The lowest BCUT2D eigenvalue weighted by atomic mass is 10.1. The van der Waals surface area contributed by atoms with Crippen molar-refractivity contribution in [2.75, 3.05) is 19.8 Å². The van der Waals surface area contributed by atoms with Crippen molar-refractivity contribution in [1.29, 1.82) is 0 Å². The molecule has 0 bridgehead atoms. The van der Waals surface area contributed by atoms with E-state index in [1.54, 1.807) is 0 Å². The molecule has 0 saturated carbocycles. The SMILES string of the molecule is CCCCCCCCC(CO)OC1=C(OCC(C)(C)O)C(=O)O[C@@H]1[C@@H](O)CO. The normalized spacial score (nSPS) is 19.5. The van der Waals surface area contributed by atoms with E-state index in [1.165, 1.54) is 33.1 Å². The second kappa shape index (κ2) is 12.3. The third kappa shape index (κ3) is 8.34. The van der Waals surface area contributed by atoms with Crippen LogP contribution < -0.4 is 0 Å². The molecule has 0 spiro atoms. The molecule has 0 fully saturated rings. The van der Waals surface area contributed by atoms with E-state index in [-0.39, 0.29) is 24.7 Å². The summed E-state index contributed by atoms with van der Waals surface area (Å²) in [5.41, 5.74) is -1.19. The Bertz CT molecular complexity index is 497. The fourth-order valence-electron chi connectivity index (χ4n) is 2.82. The first-order valence-electron chi connectivity index (χ1n) is 10.1. The third-order valence-electron chi connectivity index (χ3n) is 4.38. The topological polar surface area (TPSA) is 126 Å². The second-order valence-corrected chi connectivity index (χ2v) is 7.85. The molecule has 0 aromatic carbocycles. The molecule has 0 aromatic rings. The van der Waals surface area contributed by atoms with Gasteiger partial charge < -0.3 is 34.6 Å². The Morgan fingerprint density at radius 3 is 2.32 bits per heavy atom. The molecule has 1 aliphatic rings. The standard InChI is InChI=1S/C20H36O8/c1-4-5-6-7-8-9-10-14(11-21)27-17-16(15(23)12-22)28-19(24)18(17)26-13-20(2,3)25/h14-16,21-23,25H,4-13H2,1-3H3/t14?,15-,16+/m0/s1. The molecular weight excluding hydrogens is 368 g/mol. The van der Waals surface area contributed by atoms with E-state index in [0.29, 0.717) is 6.42 Å². The minimum absolute atomic E-state index is 0.0548. The van der Waals surface area contributed by atoms with Crippen LogP contribution in [0.1, 0.15) is 65.7 Å². The van der Waals surface area contributed by atoms with Crippen LogP contribution in [0.25, 0.3) is 0 Å². The fraction of sp³-hybridized carbons (Fsp3) is 0.850. The highest BCUT2D eigenvalue weighted by molar-refractivity contribution is 5.89. The van der Waals surface area contributed by atoms with Crippen molar-refractivity contribution in [3.8, 4) is 0 Å². The smallest absolute Gasteiger partial charge is 0.378 e. The molecule has 1 unspecified atom stereocenters. The molecule has 8 nitrogen and oxygen atoms in total. The molecular formula is C20H36O8. The summed E-state index contributed by atoms with van der Waals surface area (Å²) in [6.45, 7) is 4.10. The maximum absolute atomic E-state index is 12.1. The predicted octanol–water partition coefficient (Wildman–Crippen LogP) is 1.39. The average molecular weight is 405 g/mol. The Labute approximate surface area is 167 Å². The Hall–Kier alpha value is -1.35. The van der Waals surface area contributed by atoms with Gasteiger partial charge in [0, 0.05) is 0 Å². The summed E-state index contributed by atoms with van der Waals surface area (Å²) < 4.78 is 16.2. The highest BCUT2D eigenvalue weighted by atomic mass is 16.6. The number of esters is 1. The van der Waals surface area contributed by atoms with Crippen LogP contribution in [0.4, 0.5) is 0 Å². The van der Waals surface area contributed by atoms with E-state index >= 15 is 0 Å². The van der Waals surface area contributed by atoms with Crippen LogP contribution in [0.5, 0.6) is 0 Å². The van der Waals surface area contributed by atoms with E-state index in [1.807, 2.05) is 0 Å². The first-order chi connectivity index (χ1) is 13.2. The maximum Gasteiger partial charge on any atom is 0.378 e. The van der Waals surface area contributed by atoms with Crippen molar-refractivity contribution in [3.05, 3.63) is 11.5 Å². The van der Waals surface area contributed by atoms with E-state index in [2.05, 4.69) is 6.92 Å². The van der Waals surface area contributed by atoms with Crippen molar-refractivity contribution >= 4 is 5.97 Å². The van der Waals surface area contributed by atoms with Gasteiger partial charge in [0.25, 0.3) is 0 Å². The number of cyclic esters (lactones) is 1. The molecule has 0 amide bonds. The zero-order chi connectivity index (χ0) is 21.2. The minimum atomic E-state index is -1.38. The van der Waals surface area contributed by atoms with Crippen molar-refractivity contribution < 1.29 is 39.4 Å². The number of rotatable bonds is 15. The third-order valence-corrected chi connectivity index (χ3v) is 4.38. The molecule has 8 heteroatoms. The number of hydrogen-bond acceptors (Lipinski definition) is 8. The van der Waals surface area contributed by atoms with Crippen molar-refractivity contribution in [2.24, 2.45) is 0 Å². The summed E-state index contributed by atoms with van der Waals surface area (Å²) in [7, 11) is 0. The first-order valence-corrected chi connectivity index (χ1v) is 10.1. The molecule has 28 heavy (non-hydrogen) atoms. The van der Waals surface area contributed by atoms with Crippen LogP contribution >= 0.6 is 0 Å². The van der Waals surface area contributed by atoms with Gasteiger partial charge in [0.2, 0.25) is 5.76 Å². The lowest BCUT2D eigenvalue weighted by molar-refractivity contribution is -0.149. The number of carbonyl (C=O) groups is 1. The van der Waals surface area contributed by atoms with Gasteiger partial charge in [-0.15, -0.1) is 0 Å². The fourth-order valence-corrected chi connectivity index (χ4v) is 2.82. The Morgan fingerprint density at radius 1 is 1.11 bits per heavy atom. The number of hydrogen-bond donors (Lipinski definition) is 4. The number of aliphatic hydroxyl groups is 4. The zero-order valence-electron chi connectivity index (χ0n) is 17.2. The maximum atomic E-state index is 12.1. The predicted molar refractivity (Wildman–Crippen MR) is 102 cm³/mol. The molecule has 0 aromatic heterocycles. The summed E-state index contributed by atoms with van der Waals surface area (Å²) in [5, 5.41) is 38.7. The number of aliphatic hydroxyl groups excluding tert-OH is 3. The molecule has 1 rings (SSSR count). The van der Waals surface area contributed by atoms with Gasteiger partial charge in [0.1, 0.15) is 18.8 Å². The Balaban J connectivity index is 2.79. The molecule has 0 saturated heterocycles. The lowest BCUT2D eigenvalue weighted by Crippen LogP contribution is -2.34. The number of ether oxygens (including phenoxy) is 3. The summed E-state index contributed by atoms with van der Waals surface area (Å²) in [5.74, 6) is -1.14. The van der Waals surface area contributed by atoms with Gasteiger partial charge in [-0.2, -0.15) is 0 Å². The van der Waals surface area contributed by atoms with Crippen LogP contribution in [0.2, 0.25) is 0 Å². The average Bonchev–Trinajstić information content (AvgIpc) is 2.95. The first kappa shape index (κ1) is 24.7. The van der Waals surface area contributed by atoms with Crippen molar-refractivity contribution in [2.45, 2.75) is 89.6 Å². The molecule has 1 aliphatic heterocycles. The van der Waals surface area contributed by atoms with Crippen LogP contribution in [0, 0.1) is 0 Å². The van der Waals surface area contributed by atoms with Crippen molar-refractivity contribution in [1.82, 2.24) is 0 Å². The van der Waals surface area contributed by atoms with E-state index in [0.717, 1.165) is 19.3 Å². The van der Waals surface area contributed by atoms with Gasteiger partial charge in [-0.05, 0) is 26.7 Å². The van der Waals surface area contributed by atoms with Crippen LogP contribution in [0.15, 0.2) is 11.5 Å². The Kier molecular flexibility index (Phi) is 10.8. The summed E-state index contributed by atoms with van der Waals surface area (Å²) in [4.78, 5) is 12.1. The summed E-state index contributed by atoms with van der Waals surface area (Å²) >= 11 is 0.